The summed E-state index contributed by atoms with van der Waals surface area (Å²) in [5.41, 5.74) is 9.76. The van der Waals surface area contributed by atoms with Crippen LogP contribution in [0.15, 0.2) is 109 Å². The molecule has 266 valence electrons. The molecule has 0 aromatic heterocycles. The molecular formula is C46H48N2O4. The van der Waals surface area contributed by atoms with Crippen LogP contribution in [-0.2, 0) is 22.3 Å². The fourth-order valence-corrected chi connectivity index (χ4v) is 6.80. The maximum absolute atomic E-state index is 12.4. The van der Waals surface area contributed by atoms with Gasteiger partial charge in [-0.1, -0.05) is 86.6 Å². The average molecular weight is 693 g/mol. The predicted molar refractivity (Wildman–Crippen MR) is 216 cm³/mol. The molecule has 0 fully saturated rings. The van der Waals surface area contributed by atoms with Gasteiger partial charge in [0, 0.05) is 11.4 Å². The van der Waals surface area contributed by atoms with Crippen molar-refractivity contribution in [3.63, 3.8) is 0 Å². The van der Waals surface area contributed by atoms with Crippen LogP contribution in [0.3, 0.4) is 0 Å². The third-order valence-electron chi connectivity index (χ3n) is 8.95. The van der Waals surface area contributed by atoms with Gasteiger partial charge in [0.2, 0.25) is 0 Å². The second kappa shape index (κ2) is 14.5. The van der Waals surface area contributed by atoms with Crippen molar-refractivity contribution in [2.45, 2.75) is 79.4 Å². The third kappa shape index (κ3) is 7.97. The zero-order chi connectivity index (χ0) is 37.2. The molecular weight excluding hydrogens is 645 g/mol. The third-order valence-corrected chi connectivity index (χ3v) is 8.95. The molecule has 6 nitrogen and oxygen atoms in total. The molecule has 0 saturated carbocycles. The van der Waals surface area contributed by atoms with Gasteiger partial charge in [0.1, 0.15) is 11.2 Å². The van der Waals surface area contributed by atoms with Gasteiger partial charge in [-0.25, -0.2) is 9.59 Å². The van der Waals surface area contributed by atoms with Crippen molar-refractivity contribution < 1.29 is 19.1 Å². The van der Waals surface area contributed by atoms with Crippen LogP contribution >= 0.6 is 0 Å². The van der Waals surface area contributed by atoms with Gasteiger partial charge in [-0.15, -0.1) is 0 Å². The highest BCUT2D eigenvalue weighted by atomic mass is 16.6. The number of aryl methyl sites for hydroxylation is 2. The number of nitrogens with one attached hydrogen (secondary N) is 2. The van der Waals surface area contributed by atoms with Gasteiger partial charge in [-0.2, -0.15) is 0 Å². The summed E-state index contributed by atoms with van der Waals surface area (Å²) in [5.74, 6) is 0. The summed E-state index contributed by atoms with van der Waals surface area (Å²) in [6.07, 6.45) is 0.772. The van der Waals surface area contributed by atoms with Crippen LogP contribution in [-0.4, -0.2) is 23.4 Å². The number of hydrogen-bond acceptors (Lipinski definition) is 4. The van der Waals surface area contributed by atoms with E-state index in [1.807, 2.05) is 65.8 Å². The number of carbonyl (C=O) groups is 2. The van der Waals surface area contributed by atoms with E-state index in [1.54, 1.807) is 0 Å². The quantitative estimate of drug-likeness (QED) is 0.175. The lowest BCUT2D eigenvalue weighted by Gasteiger charge is -2.22. The Bertz CT molecular complexity index is 2090. The molecule has 0 aliphatic rings. The van der Waals surface area contributed by atoms with Crippen molar-refractivity contribution in [1.82, 2.24) is 0 Å². The number of fused-ring (bicyclic) bond motifs is 2. The Morgan fingerprint density at radius 3 is 1.13 bits per heavy atom. The van der Waals surface area contributed by atoms with Crippen LogP contribution < -0.4 is 10.6 Å². The molecule has 0 bridgehead atoms. The minimum absolute atomic E-state index is 0.472. The van der Waals surface area contributed by atoms with Crippen LogP contribution in [0.1, 0.15) is 66.5 Å². The molecule has 2 amide bonds. The molecule has 0 aliphatic heterocycles. The first-order valence-corrected chi connectivity index (χ1v) is 18.0. The second-order valence-electron chi connectivity index (χ2n) is 15.1. The number of ether oxygens (including phenoxy) is 2. The number of amides is 2. The fraction of sp³-hybridized carbons (Fsp3) is 0.261. The fourth-order valence-electron chi connectivity index (χ4n) is 6.80. The molecule has 2 N–H and O–H groups in total. The standard InChI is InChI=1S/C46H48N2O4/c1-9-29-27-39(31-19-23-33(24-20-31)47-43(49)51-45(3,4)5)35-15-11-13-17-37(35)41(29)42-30(10-2)28-40(36-16-12-14-18-38(36)42)32-21-25-34(26-22-32)48-44(50)52-46(6,7)8/h11-28H,9-10H2,1-8H3,(H,47,49)(H,48,50). The summed E-state index contributed by atoms with van der Waals surface area (Å²) >= 11 is 0. The molecule has 0 unspecified atom stereocenters. The normalized spacial score (nSPS) is 11.8. The van der Waals surface area contributed by atoms with E-state index in [-0.39, 0.29) is 0 Å². The highest BCUT2D eigenvalue weighted by molar-refractivity contribution is 6.14. The van der Waals surface area contributed by atoms with Crippen molar-refractivity contribution >= 4 is 45.1 Å². The van der Waals surface area contributed by atoms with Gasteiger partial charge in [0.25, 0.3) is 0 Å². The van der Waals surface area contributed by atoms with Gasteiger partial charge in [0.05, 0.1) is 0 Å². The number of carbonyl (C=O) groups excluding carboxylic acids is 2. The van der Waals surface area contributed by atoms with Crippen molar-refractivity contribution in [3.05, 3.63) is 120 Å². The molecule has 52 heavy (non-hydrogen) atoms. The topological polar surface area (TPSA) is 76.7 Å². The maximum atomic E-state index is 12.4. The van der Waals surface area contributed by atoms with Crippen molar-refractivity contribution in [2.24, 2.45) is 0 Å². The maximum Gasteiger partial charge on any atom is 0.412 e. The van der Waals surface area contributed by atoms with E-state index in [1.165, 1.54) is 43.8 Å². The Kier molecular flexibility index (Phi) is 10.1. The summed E-state index contributed by atoms with van der Waals surface area (Å²) in [6, 6.07) is 38.0. The summed E-state index contributed by atoms with van der Waals surface area (Å²) in [5, 5.41) is 10.5. The second-order valence-corrected chi connectivity index (χ2v) is 15.1. The smallest absolute Gasteiger partial charge is 0.412 e. The lowest BCUT2D eigenvalue weighted by molar-refractivity contribution is 0.0624. The molecule has 0 spiro atoms. The predicted octanol–water partition coefficient (Wildman–Crippen LogP) is 12.8. The average Bonchev–Trinajstić information content (AvgIpc) is 3.09. The van der Waals surface area contributed by atoms with Crippen molar-refractivity contribution in [1.29, 1.82) is 0 Å². The molecule has 6 aromatic carbocycles. The first kappa shape index (κ1) is 36.2. The van der Waals surface area contributed by atoms with E-state index >= 15 is 0 Å². The molecule has 0 atom stereocenters. The van der Waals surface area contributed by atoms with E-state index in [4.69, 9.17) is 9.47 Å². The minimum atomic E-state index is -0.571. The lowest BCUT2D eigenvalue weighted by Crippen LogP contribution is -2.27. The van der Waals surface area contributed by atoms with Gasteiger partial charge < -0.3 is 9.47 Å². The first-order chi connectivity index (χ1) is 24.7. The van der Waals surface area contributed by atoms with E-state index in [0.717, 1.165) is 35.1 Å². The van der Waals surface area contributed by atoms with E-state index in [2.05, 4.69) is 109 Å². The van der Waals surface area contributed by atoms with Gasteiger partial charge in [0.15, 0.2) is 0 Å². The molecule has 6 aromatic rings. The highest BCUT2D eigenvalue weighted by Gasteiger charge is 2.22. The van der Waals surface area contributed by atoms with Crippen LogP contribution in [0.25, 0.3) is 54.9 Å². The van der Waals surface area contributed by atoms with Crippen LogP contribution in [0.2, 0.25) is 0 Å². The Balaban J connectivity index is 1.44. The summed E-state index contributed by atoms with van der Waals surface area (Å²) in [7, 11) is 0. The zero-order valence-corrected chi connectivity index (χ0v) is 31.4. The Morgan fingerprint density at radius 2 is 0.827 bits per heavy atom. The number of benzene rings is 6. The first-order valence-electron chi connectivity index (χ1n) is 18.0. The summed E-state index contributed by atoms with van der Waals surface area (Å²) < 4.78 is 10.9. The molecule has 0 heterocycles. The van der Waals surface area contributed by atoms with Gasteiger partial charge >= 0.3 is 12.2 Å². The van der Waals surface area contributed by atoms with Crippen molar-refractivity contribution in [3.8, 4) is 33.4 Å². The van der Waals surface area contributed by atoms with Crippen LogP contribution in [0, 0.1) is 0 Å². The summed E-state index contributed by atoms with van der Waals surface area (Å²) in [4.78, 5) is 24.8. The van der Waals surface area contributed by atoms with E-state index < -0.39 is 23.4 Å². The Morgan fingerprint density at radius 1 is 0.500 bits per heavy atom. The van der Waals surface area contributed by atoms with Crippen molar-refractivity contribution in [2.75, 3.05) is 10.6 Å². The zero-order valence-electron chi connectivity index (χ0n) is 31.4. The molecule has 0 saturated heterocycles. The van der Waals surface area contributed by atoms with E-state index in [0.29, 0.717) is 11.4 Å². The minimum Gasteiger partial charge on any atom is -0.444 e. The Hall–Kier alpha value is -5.62. The molecule has 0 radical (unpaired) electrons. The number of anilines is 2. The number of rotatable bonds is 7. The lowest BCUT2D eigenvalue weighted by atomic mass is 9.81. The Labute approximate surface area is 307 Å². The SMILES string of the molecule is CCc1cc(-c2ccc(NC(=O)OC(C)(C)C)cc2)c2ccccc2c1-c1c(CC)cc(-c2ccc(NC(=O)OC(C)(C)C)cc2)c2ccccc12. The number of hydrogen-bond donors (Lipinski definition) is 2. The van der Waals surface area contributed by atoms with Gasteiger partial charge in [-0.05, 0) is 157 Å². The van der Waals surface area contributed by atoms with E-state index in [9.17, 15) is 9.59 Å². The molecule has 0 aliphatic carbocycles. The van der Waals surface area contributed by atoms with Gasteiger partial charge in [-0.3, -0.25) is 10.6 Å². The monoisotopic (exact) mass is 692 g/mol. The van der Waals surface area contributed by atoms with Crippen LogP contribution in [0.5, 0.6) is 0 Å². The highest BCUT2D eigenvalue weighted by Crippen LogP contribution is 2.45. The summed E-state index contributed by atoms with van der Waals surface area (Å²) in [6.45, 7) is 15.6. The molecule has 6 rings (SSSR count). The molecule has 6 heteroatoms. The largest absolute Gasteiger partial charge is 0.444 e. The van der Waals surface area contributed by atoms with Crippen LogP contribution in [0.4, 0.5) is 21.0 Å².